The molecule has 0 spiro atoms. The summed E-state index contributed by atoms with van der Waals surface area (Å²) in [4.78, 5) is 6.74. The summed E-state index contributed by atoms with van der Waals surface area (Å²) in [5.41, 5.74) is 5.54. The molecule has 4 nitrogen and oxygen atoms in total. The van der Waals surface area contributed by atoms with E-state index in [9.17, 15) is 18.3 Å². The third-order valence-corrected chi connectivity index (χ3v) is 2.66. The highest BCUT2D eigenvalue weighted by Gasteiger charge is 2.30. The van der Waals surface area contributed by atoms with Crippen LogP contribution in [0.2, 0.25) is 0 Å². The van der Waals surface area contributed by atoms with Gasteiger partial charge in [0.2, 0.25) is 0 Å². The van der Waals surface area contributed by atoms with E-state index in [4.69, 9.17) is 5.73 Å². The number of alkyl halides is 3. The van der Waals surface area contributed by atoms with E-state index in [0.29, 0.717) is 5.52 Å². The van der Waals surface area contributed by atoms with Gasteiger partial charge in [-0.25, -0.2) is 4.98 Å². The Bertz CT molecular complexity index is 562. The highest BCUT2D eigenvalue weighted by atomic mass is 19.4. The molecule has 0 amide bonds. The van der Waals surface area contributed by atoms with Crippen LogP contribution in [0.5, 0.6) is 0 Å². The zero-order valence-corrected chi connectivity index (χ0v) is 9.49. The van der Waals surface area contributed by atoms with Crippen molar-refractivity contribution in [3.63, 3.8) is 0 Å². The Balaban J connectivity index is 2.46. The van der Waals surface area contributed by atoms with E-state index in [1.165, 1.54) is 13.0 Å². The molecule has 0 fully saturated rings. The SMILES string of the molecule is C[C@@H](O)[C@H](N)c1nc2ccc(C(F)(F)F)cc2[nH]1. The lowest BCUT2D eigenvalue weighted by molar-refractivity contribution is -0.137. The summed E-state index contributed by atoms with van der Waals surface area (Å²) in [5.74, 6) is 0.263. The first kappa shape index (κ1) is 12.8. The molecule has 0 aliphatic rings. The number of hydrogen-bond acceptors (Lipinski definition) is 3. The lowest BCUT2D eigenvalue weighted by Gasteiger charge is -2.10. The fourth-order valence-electron chi connectivity index (χ4n) is 1.59. The summed E-state index contributed by atoms with van der Waals surface area (Å²) < 4.78 is 37.5. The quantitative estimate of drug-likeness (QED) is 0.771. The van der Waals surface area contributed by atoms with E-state index in [-0.39, 0.29) is 11.3 Å². The van der Waals surface area contributed by atoms with Crippen LogP contribution >= 0.6 is 0 Å². The van der Waals surface area contributed by atoms with E-state index in [2.05, 4.69) is 9.97 Å². The summed E-state index contributed by atoms with van der Waals surface area (Å²) in [6.07, 6.45) is -5.24. The number of nitrogens with two attached hydrogens (primary N) is 1. The molecule has 0 bridgehead atoms. The number of hydrogen-bond donors (Lipinski definition) is 3. The molecule has 0 unspecified atom stereocenters. The zero-order valence-electron chi connectivity index (χ0n) is 9.49. The number of aliphatic hydroxyl groups is 1. The molecule has 0 aliphatic carbocycles. The first-order chi connectivity index (χ1) is 8.29. The zero-order chi connectivity index (χ0) is 13.5. The van der Waals surface area contributed by atoms with Crippen LogP contribution in [0.4, 0.5) is 13.2 Å². The molecule has 1 aromatic heterocycles. The molecule has 0 aliphatic heterocycles. The van der Waals surface area contributed by atoms with Crippen LogP contribution in [0.25, 0.3) is 11.0 Å². The maximum atomic E-state index is 12.5. The van der Waals surface area contributed by atoms with Gasteiger partial charge in [0.1, 0.15) is 5.82 Å². The number of fused-ring (bicyclic) bond motifs is 1. The van der Waals surface area contributed by atoms with Crippen LogP contribution in [0.3, 0.4) is 0 Å². The topological polar surface area (TPSA) is 74.9 Å². The van der Waals surface area contributed by atoms with Gasteiger partial charge in [0.15, 0.2) is 0 Å². The second-order valence-electron chi connectivity index (χ2n) is 4.12. The minimum absolute atomic E-state index is 0.246. The molecule has 2 atom stereocenters. The number of H-pyrrole nitrogens is 1. The number of halogens is 3. The summed E-state index contributed by atoms with van der Waals surface area (Å²) in [6, 6.07) is 2.45. The van der Waals surface area contributed by atoms with Crippen molar-refractivity contribution in [2.75, 3.05) is 0 Å². The van der Waals surface area contributed by atoms with Crippen molar-refractivity contribution in [2.45, 2.75) is 25.2 Å². The maximum absolute atomic E-state index is 12.5. The number of aromatic amines is 1. The van der Waals surface area contributed by atoms with Crippen LogP contribution in [-0.2, 0) is 6.18 Å². The fraction of sp³-hybridized carbons (Fsp3) is 0.364. The second kappa shape index (κ2) is 4.25. The first-order valence-corrected chi connectivity index (χ1v) is 5.29. The lowest BCUT2D eigenvalue weighted by Crippen LogP contribution is -2.24. The molecule has 4 N–H and O–H groups in total. The molecule has 98 valence electrons. The molecule has 2 aromatic rings. The van der Waals surface area contributed by atoms with Crippen LogP contribution in [-0.4, -0.2) is 21.2 Å². The van der Waals surface area contributed by atoms with Crippen LogP contribution < -0.4 is 5.73 Å². The average molecular weight is 259 g/mol. The molecule has 1 heterocycles. The Morgan fingerprint density at radius 2 is 2.06 bits per heavy atom. The number of aliphatic hydroxyl groups excluding tert-OH is 1. The Morgan fingerprint density at radius 3 is 2.61 bits per heavy atom. The maximum Gasteiger partial charge on any atom is 0.416 e. The monoisotopic (exact) mass is 259 g/mol. The predicted octanol–water partition coefficient (Wildman–Crippen LogP) is 1.96. The predicted molar refractivity (Wildman–Crippen MR) is 59.7 cm³/mol. The number of aromatic nitrogens is 2. The number of nitrogens with one attached hydrogen (secondary N) is 1. The highest BCUT2D eigenvalue weighted by Crippen LogP contribution is 2.31. The van der Waals surface area contributed by atoms with Gasteiger partial charge in [0.05, 0.1) is 28.7 Å². The van der Waals surface area contributed by atoms with Gasteiger partial charge in [-0.15, -0.1) is 0 Å². The summed E-state index contributed by atoms with van der Waals surface area (Å²) >= 11 is 0. The van der Waals surface area contributed by atoms with Crippen LogP contribution in [0.15, 0.2) is 18.2 Å². The van der Waals surface area contributed by atoms with Crippen molar-refractivity contribution < 1.29 is 18.3 Å². The number of rotatable bonds is 2. The minimum atomic E-state index is -4.40. The van der Waals surface area contributed by atoms with Gasteiger partial charge in [0, 0.05) is 0 Å². The van der Waals surface area contributed by atoms with Crippen molar-refractivity contribution in [1.82, 2.24) is 9.97 Å². The summed E-state index contributed by atoms with van der Waals surface area (Å²) in [5, 5.41) is 9.32. The molecule has 7 heteroatoms. The summed E-state index contributed by atoms with van der Waals surface area (Å²) in [6.45, 7) is 1.49. The number of imidazole rings is 1. The number of nitrogens with zero attached hydrogens (tertiary/aromatic N) is 1. The molecule has 2 rings (SSSR count). The van der Waals surface area contributed by atoms with Gasteiger partial charge in [-0.2, -0.15) is 13.2 Å². The fourth-order valence-corrected chi connectivity index (χ4v) is 1.59. The molecule has 0 saturated carbocycles. The molecule has 0 saturated heterocycles. The molecular formula is C11H12F3N3O. The Labute approximate surface area is 101 Å². The Kier molecular flexibility index (Phi) is 3.04. The Hall–Kier alpha value is -1.60. The van der Waals surface area contributed by atoms with Gasteiger partial charge in [-0.1, -0.05) is 0 Å². The van der Waals surface area contributed by atoms with E-state index in [1.807, 2.05) is 0 Å². The van der Waals surface area contributed by atoms with Gasteiger partial charge in [0.25, 0.3) is 0 Å². The van der Waals surface area contributed by atoms with E-state index in [0.717, 1.165) is 12.1 Å². The molecule has 1 aromatic carbocycles. The Morgan fingerprint density at radius 1 is 1.39 bits per heavy atom. The van der Waals surface area contributed by atoms with Crippen molar-refractivity contribution in [2.24, 2.45) is 5.73 Å². The second-order valence-corrected chi connectivity index (χ2v) is 4.12. The molecule has 18 heavy (non-hydrogen) atoms. The normalized spacial score (nSPS) is 15.9. The van der Waals surface area contributed by atoms with E-state index in [1.54, 1.807) is 0 Å². The smallest absolute Gasteiger partial charge is 0.391 e. The first-order valence-electron chi connectivity index (χ1n) is 5.29. The van der Waals surface area contributed by atoms with Crippen molar-refractivity contribution >= 4 is 11.0 Å². The van der Waals surface area contributed by atoms with Gasteiger partial charge in [-0.3, -0.25) is 0 Å². The number of benzene rings is 1. The average Bonchev–Trinajstić information content (AvgIpc) is 2.68. The molecular weight excluding hydrogens is 247 g/mol. The minimum Gasteiger partial charge on any atom is -0.391 e. The van der Waals surface area contributed by atoms with Gasteiger partial charge in [-0.05, 0) is 25.1 Å². The standard InChI is InChI=1S/C11H12F3N3O/c1-5(18)9(15)10-16-7-3-2-6(11(12,13)14)4-8(7)17-10/h2-5,9,18H,15H2,1H3,(H,16,17)/t5-,9+/m1/s1. The van der Waals surface area contributed by atoms with Crippen molar-refractivity contribution in [3.05, 3.63) is 29.6 Å². The lowest BCUT2D eigenvalue weighted by atomic mass is 10.2. The summed E-state index contributed by atoms with van der Waals surface area (Å²) in [7, 11) is 0. The van der Waals surface area contributed by atoms with Crippen molar-refractivity contribution in [3.8, 4) is 0 Å². The van der Waals surface area contributed by atoms with E-state index < -0.39 is 23.9 Å². The van der Waals surface area contributed by atoms with E-state index >= 15 is 0 Å². The van der Waals surface area contributed by atoms with Gasteiger partial charge < -0.3 is 15.8 Å². The van der Waals surface area contributed by atoms with Crippen molar-refractivity contribution in [1.29, 1.82) is 0 Å². The largest absolute Gasteiger partial charge is 0.416 e. The third-order valence-electron chi connectivity index (χ3n) is 2.66. The highest BCUT2D eigenvalue weighted by molar-refractivity contribution is 5.76. The third kappa shape index (κ3) is 2.32. The molecule has 0 radical (unpaired) electrons. The van der Waals surface area contributed by atoms with Crippen LogP contribution in [0.1, 0.15) is 24.4 Å². The van der Waals surface area contributed by atoms with Crippen LogP contribution in [0, 0.1) is 0 Å². The van der Waals surface area contributed by atoms with Gasteiger partial charge >= 0.3 is 6.18 Å².